The highest BCUT2D eigenvalue weighted by Gasteiger charge is 2.24. The van der Waals surface area contributed by atoms with Crippen LogP contribution in [0.3, 0.4) is 0 Å². The van der Waals surface area contributed by atoms with Crippen LogP contribution in [0.1, 0.15) is 17.3 Å². The van der Waals surface area contributed by atoms with Gasteiger partial charge >= 0.3 is 0 Å². The number of piperazine rings is 1. The van der Waals surface area contributed by atoms with Crippen LogP contribution in [-0.4, -0.2) is 71.7 Å². The Morgan fingerprint density at radius 1 is 1.45 bits per heavy atom. The fraction of sp³-hybridized carbons (Fsp3) is 0.571. The van der Waals surface area contributed by atoms with E-state index in [1.165, 1.54) is 7.11 Å². The van der Waals surface area contributed by atoms with Crippen LogP contribution in [0.5, 0.6) is 5.88 Å². The molecular weight excluding hydrogens is 258 g/mol. The third kappa shape index (κ3) is 3.46. The molecule has 6 heteroatoms. The smallest absolute Gasteiger partial charge is 0.259 e. The Morgan fingerprint density at radius 3 is 2.75 bits per heavy atom. The molecule has 1 aliphatic rings. The van der Waals surface area contributed by atoms with Gasteiger partial charge in [-0.25, -0.2) is 4.98 Å². The number of amides is 1. The summed E-state index contributed by atoms with van der Waals surface area (Å²) in [6.07, 6.45) is 1.27. The van der Waals surface area contributed by atoms with Crippen LogP contribution in [0.2, 0.25) is 0 Å². The second kappa shape index (κ2) is 6.67. The lowest BCUT2D eigenvalue weighted by Crippen LogP contribution is -2.50. The highest BCUT2D eigenvalue weighted by molar-refractivity contribution is 5.96. The largest absolute Gasteiger partial charge is 0.480 e. The van der Waals surface area contributed by atoms with Crippen LogP contribution < -0.4 is 4.74 Å². The molecule has 2 heterocycles. The van der Waals surface area contributed by atoms with Gasteiger partial charge in [-0.1, -0.05) is 0 Å². The molecule has 1 saturated heterocycles. The number of ether oxygens (including phenoxy) is 1. The number of aliphatic hydroxyl groups excluding tert-OH is 1. The first-order valence-electron chi connectivity index (χ1n) is 6.80. The first-order valence-corrected chi connectivity index (χ1v) is 6.80. The molecule has 1 N–H and O–H groups in total. The standard InChI is InChI=1S/C14H21N3O3/c1-11(18)10-16-6-8-17(9-7-16)14(19)12-4-3-5-15-13(12)20-2/h3-5,11,18H,6-10H2,1-2H3. The van der Waals surface area contributed by atoms with Gasteiger partial charge in [-0.15, -0.1) is 0 Å². The molecule has 1 unspecified atom stereocenters. The van der Waals surface area contributed by atoms with Gasteiger partial charge < -0.3 is 14.7 Å². The highest BCUT2D eigenvalue weighted by atomic mass is 16.5. The summed E-state index contributed by atoms with van der Waals surface area (Å²) in [6.45, 7) is 5.29. The van der Waals surface area contributed by atoms with E-state index < -0.39 is 0 Å². The molecule has 1 amide bonds. The molecule has 0 aromatic carbocycles. The number of pyridine rings is 1. The minimum atomic E-state index is -0.337. The Kier molecular flexibility index (Phi) is 4.92. The third-order valence-corrected chi connectivity index (χ3v) is 3.38. The van der Waals surface area contributed by atoms with E-state index in [1.807, 2.05) is 0 Å². The van der Waals surface area contributed by atoms with Gasteiger partial charge in [0.1, 0.15) is 5.56 Å². The zero-order chi connectivity index (χ0) is 14.5. The molecule has 110 valence electrons. The maximum Gasteiger partial charge on any atom is 0.259 e. The number of methoxy groups -OCH3 is 1. The zero-order valence-corrected chi connectivity index (χ0v) is 12.0. The summed E-state index contributed by atoms with van der Waals surface area (Å²) < 4.78 is 5.13. The monoisotopic (exact) mass is 279 g/mol. The van der Waals surface area contributed by atoms with Crippen LogP contribution in [0, 0.1) is 0 Å². The lowest BCUT2D eigenvalue weighted by molar-refractivity contribution is 0.0551. The molecule has 0 bridgehead atoms. The van der Waals surface area contributed by atoms with E-state index in [9.17, 15) is 9.90 Å². The number of rotatable bonds is 4. The van der Waals surface area contributed by atoms with Gasteiger partial charge in [-0.3, -0.25) is 9.69 Å². The quantitative estimate of drug-likeness (QED) is 0.854. The molecular formula is C14H21N3O3. The average molecular weight is 279 g/mol. The summed E-state index contributed by atoms with van der Waals surface area (Å²) in [5.74, 6) is 0.315. The Hall–Kier alpha value is -1.66. The number of β-amino-alcohol motifs (C(OH)–C–C–N with tert-alkyl or cyclic N) is 1. The molecule has 2 rings (SSSR count). The van der Waals surface area contributed by atoms with Gasteiger partial charge in [0.25, 0.3) is 5.91 Å². The number of hydrogen-bond donors (Lipinski definition) is 1. The van der Waals surface area contributed by atoms with E-state index in [-0.39, 0.29) is 12.0 Å². The number of carbonyl (C=O) groups is 1. The molecule has 0 spiro atoms. The van der Waals surface area contributed by atoms with Crippen molar-refractivity contribution in [3.05, 3.63) is 23.9 Å². The van der Waals surface area contributed by atoms with Gasteiger partial charge in [-0.05, 0) is 19.1 Å². The minimum absolute atomic E-state index is 0.0494. The topological polar surface area (TPSA) is 65.9 Å². The fourth-order valence-corrected chi connectivity index (χ4v) is 2.39. The lowest BCUT2D eigenvalue weighted by Gasteiger charge is -2.35. The molecule has 0 radical (unpaired) electrons. The van der Waals surface area contributed by atoms with Crippen molar-refractivity contribution in [3.63, 3.8) is 0 Å². The third-order valence-electron chi connectivity index (χ3n) is 3.38. The SMILES string of the molecule is COc1ncccc1C(=O)N1CCN(CC(C)O)CC1. The van der Waals surface area contributed by atoms with Crippen molar-refractivity contribution in [2.75, 3.05) is 39.8 Å². The lowest BCUT2D eigenvalue weighted by atomic mass is 10.2. The summed E-state index contributed by atoms with van der Waals surface area (Å²) in [5, 5.41) is 9.38. The second-order valence-corrected chi connectivity index (χ2v) is 5.00. The zero-order valence-electron chi connectivity index (χ0n) is 12.0. The van der Waals surface area contributed by atoms with Crippen molar-refractivity contribution in [1.29, 1.82) is 0 Å². The number of hydrogen-bond acceptors (Lipinski definition) is 5. The van der Waals surface area contributed by atoms with E-state index in [1.54, 1.807) is 30.2 Å². The Morgan fingerprint density at radius 2 is 2.15 bits per heavy atom. The average Bonchev–Trinajstić information content (AvgIpc) is 2.46. The predicted octanol–water partition coefficient (Wildman–Crippen LogP) is 0.229. The van der Waals surface area contributed by atoms with Gasteiger partial charge in [0.2, 0.25) is 5.88 Å². The van der Waals surface area contributed by atoms with Crippen molar-refractivity contribution in [2.24, 2.45) is 0 Å². The minimum Gasteiger partial charge on any atom is -0.480 e. The number of aliphatic hydroxyl groups is 1. The molecule has 1 atom stereocenters. The molecule has 1 fully saturated rings. The van der Waals surface area contributed by atoms with E-state index in [2.05, 4.69) is 9.88 Å². The first kappa shape index (κ1) is 14.7. The molecule has 0 aliphatic carbocycles. The van der Waals surface area contributed by atoms with Crippen LogP contribution >= 0.6 is 0 Å². The van der Waals surface area contributed by atoms with Gasteiger partial charge in [-0.2, -0.15) is 0 Å². The predicted molar refractivity (Wildman–Crippen MR) is 74.8 cm³/mol. The summed E-state index contributed by atoms with van der Waals surface area (Å²) in [5.41, 5.74) is 0.499. The fourth-order valence-electron chi connectivity index (χ4n) is 2.39. The molecule has 1 aromatic rings. The van der Waals surface area contributed by atoms with Gasteiger partial charge in [0.15, 0.2) is 0 Å². The maximum absolute atomic E-state index is 12.4. The number of nitrogens with zero attached hydrogens (tertiary/aromatic N) is 3. The summed E-state index contributed by atoms with van der Waals surface area (Å²) >= 11 is 0. The van der Waals surface area contributed by atoms with Gasteiger partial charge in [0, 0.05) is 38.9 Å². The van der Waals surface area contributed by atoms with Crippen molar-refractivity contribution < 1.29 is 14.6 Å². The van der Waals surface area contributed by atoms with Crippen molar-refractivity contribution in [3.8, 4) is 5.88 Å². The van der Waals surface area contributed by atoms with Crippen LogP contribution in [-0.2, 0) is 0 Å². The summed E-state index contributed by atoms with van der Waals surface area (Å²) in [4.78, 5) is 20.5. The molecule has 20 heavy (non-hydrogen) atoms. The van der Waals surface area contributed by atoms with E-state index in [4.69, 9.17) is 4.74 Å². The van der Waals surface area contributed by atoms with Crippen molar-refractivity contribution in [1.82, 2.24) is 14.8 Å². The van der Waals surface area contributed by atoms with E-state index in [0.29, 0.717) is 31.1 Å². The van der Waals surface area contributed by atoms with E-state index >= 15 is 0 Å². The Balaban J connectivity index is 1.98. The van der Waals surface area contributed by atoms with Crippen molar-refractivity contribution >= 4 is 5.91 Å². The van der Waals surface area contributed by atoms with Gasteiger partial charge in [0.05, 0.1) is 13.2 Å². The first-order chi connectivity index (χ1) is 9.61. The van der Waals surface area contributed by atoms with Crippen molar-refractivity contribution in [2.45, 2.75) is 13.0 Å². The molecule has 1 aliphatic heterocycles. The molecule has 0 saturated carbocycles. The maximum atomic E-state index is 12.4. The highest BCUT2D eigenvalue weighted by Crippen LogP contribution is 2.17. The van der Waals surface area contributed by atoms with Crippen LogP contribution in [0.4, 0.5) is 0 Å². The second-order valence-electron chi connectivity index (χ2n) is 5.00. The number of aromatic nitrogens is 1. The summed E-state index contributed by atoms with van der Waals surface area (Å²) in [7, 11) is 1.51. The Labute approximate surface area is 119 Å². The Bertz CT molecular complexity index is 457. The molecule has 1 aromatic heterocycles. The number of carbonyl (C=O) groups excluding carboxylic acids is 1. The normalized spacial score (nSPS) is 17.9. The van der Waals surface area contributed by atoms with Crippen LogP contribution in [0.15, 0.2) is 18.3 Å². The van der Waals surface area contributed by atoms with Crippen LogP contribution in [0.25, 0.3) is 0 Å². The van der Waals surface area contributed by atoms with E-state index in [0.717, 1.165) is 13.1 Å². The summed E-state index contributed by atoms with van der Waals surface area (Å²) in [6, 6.07) is 3.47. The molecule has 6 nitrogen and oxygen atoms in total.